The molecule has 0 amide bonds. The fourth-order valence-electron chi connectivity index (χ4n) is 2.09. The van der Waals surface area contributed by atoms with Crippen LogP contribution in [0.4, 0.5) is 0 Å². The van der Waals surface area contributed by atoms with Crippen molar-refractivity contribution >= 4 is 15.9 Å². The molecule has 0 aromatic carbocycles. The fourth-order valence-corrected chi connectivity index (χ4v) is 2.44. The lowest BCUT2D eigenvalue weighted by Gasteiger charge is -2.06. The summed E-state index contributed by atoms with van der Waals surface area (Å²) in [6.07, 6.45) is 8.64. The van der Waals surface area contributed by atoms with Gasteiger partial charge in [0.25, 0.3) is 0 Å². The van der Waals surface area contributed by atoms with Crippen LogP contribution >= 0.6 is 15.9 Å². The van der Waals surface area contributed by atoms with E-state index in [1.165, 1.54) is 31.4 Å². The normalized spacial score (nSPS) is 18.3. The van der Waals surface area contributed by atoms with Gasteiger partial charge in [0.1, 0.15) is 4.60 Å². The van der Waals surface area contributed by atoms with Gasteiger partial charge in [-0.25, -0.2) is 4.98 Å². The molecule has 0 unspecified atom stereocenters. The lowest BCUT2D eigenvalue weighted by molar-refractivity contribution is 0.538. The quantitative estimate of drug-likeness (QED) is 0.780. The summed E-state index contributed by atoms with van der Waals surface area (Å²) >= 11 is 3.56. The third-order valence-corrected chi connectivity index (χ3v) is 3.91. The van der Waals surface area contributed by atoms with Gasteiger partial charge in [0, 0.05) is 7.05 Å². The highest BCUT2D eigenvalue weighted by Gasteiger charge is 2.18. The maximum absolute atomic E-state index is 4.39. The first kappa shape index (κ1) is 9.25. The van der Waals surface area contributed by atoms with Gasteiger partial charge in [0.2, 0.25) is 0 Å². The van der Waals surface area contributed by atoms with Crippen LogP contribution in [0.2, 0.25) is 0 Å². The molecule has 1 heterocycles. The van der Waals surface area contributed by atoms with Crippen molar-refractivity contribution in [3.63, 3.8) is 0 Å². The molecule has 0 saturated heterocycles. The fraction of sp³-hybridized carbons (Fsp3) is 0.700. The van der Waals surface area contributed by atoms with E-state index in [1.54, 1.807) is 0 Å². The van der Waals surface area contributed by atoms with Crippen LogP contribution < -0.4 is 0 Å². The second-order valence-electron chi connectivity index (χ2n) is 3.95. The van der Waals surface area contributed by atoms with Crippen molar-refractivity contribution in [3.05, 3.63) is 16.6 Å². The maximum atomic E-state index is 4.39. The standard InChI is InChI=1S/C10H15BrN2/c1-13-7-12-9(10(13)11)6-8-4-2-3-5-8/h7-8H,2-6H2,1H3. The highest BCUT2D eigenvalue weighted by atomic mass is 79.9. The Morgan fingerprint density at radius 2 is 2.23 bits per heavy atom. The predicted octanol–water partition coefficient (Wildman–Crippen LogP) is 2.92. The van der Waals surface area contributed by atoms with Crippen molar-refractivity contribution in [1.29, 1.82) is 0 Å². The number of aromatic nitrogens is 2. The molecule has 3 heteroatoms. The molecule has 1 saturated carbocycles. The topological polar surface area (TPSA) is 17.8 Å². The van der Waals surface area contributed by atoms with Gasteiger partial charge in [-0.1, -0.05) is 25.7 Å². The molecule has 2 rings (SSSR count). The molecule has 0 N–H and O–H groups in total. The van der Waals surface area contributed by atoms with E-state index < -0.39 is 0 Å². The van der Waals surface area contributed by atoms with Crippen LogP contribution in [0.5, 0.6) is 0 Å². The smallest absolute Gasteiger partial charge is 0.107 e. The van der Waals surface area contributed by atoms with Crippen molar-refractivity contribution in [3.8, 4) is 0 Å². The minimum atomic E-state index is 0.881. The highest BCUT2D eigenvalue weighted by molar-refractivity contribution is 9.10. The summed E-state index contributed by atoms with van der Waals surface area (Å²) in [5, 5.41) is 0. The number of imidazole rings is 1. The van der Waals surface area contributed by atoms with E-state index in [-0.39, 0.29) is 0 Å². The van der Waals surface area contributed by atoms with Crippen molar-refractivity contribution in [2.45, 2.75) is 32.1 Å². The number of hydrogen-bond donors (Lipinski definition) is 0. The Balaban J connectivity index is 2.04. The summed E-state index contributed by atoms with van der Waals surface area (Å²) in [6.45, 7) is 0. The molecular weight excluding hydrogens is 228 g/mol. The molecule has 1 aromatic heterocycles. The van der Waals surface area contributed by atoms with Gasteiger partial charge < -0.3 is 4.57 Å². The zero-order valence-electron chi connectivity index (χ0n) is 7.96. The second-order valence-corrected chi connectivity index (χ2v) is 4.70. The van der Waals surface area contributed by atoms with Crippen LogP contribution in [0.1, 0.15) is 31.4 Å². The van der Waals surface area contributed by atoms with Gasteiger partial charge in [0.15, 0.2) is 0 Å². The minimum Gasteiger partial charge on any atom is -0.328 e. The van der Waals surface area contributed by atoms with Crippen molar-refractivity contribution in [2.24, 2.45) is 13.0 Å². The SMILES string of the molecule is Cn1cnc(CC2CCCC2)c1Br. The molecule has 1 aliphatic rings. The van der Waals surface area contributed by atoms with Crippen LogP contribution in [0, 0.1) is 5.92 Å². The molecule has 0 bridgehead atoms. The molecule has 2 nitrogen and oxygen atoms in total. The molecule has 1 aliphatic carbocycles. The molecule has 72 valence electrons. The Hall–Kier alpha value is -0.310. The molecule has 0 spiro atoms. The lowest BCUT2D eigenvalue weighted by Crippen LogP contribution is -2.00. The largest absolute Gasteiger partial charge is 0.328 e. The average Bonchev–Trinajstić information content (AvgIpc) is 2.71. The Kier molecular flexibility index (Phi) is 2.72. The van der Waals surface area contributed by atoms with E-state index in [0.29, 0.717) is 0 Å². The average molecular weight is 243 g/mol. The number of hydrogen-bond acceptors (Lipinski definition) is 1. The van der Waals surface area contributed by atoms with Gasteiger partial charge in [0.05, 0.1) is 12.0 Å². The highest BCUT2D eigenvalue weighted by Crippen LogP contribution is 2.29. The van der Waals surface area contributed by atoms with Crippen molar-refractivity contribution in [1.82, 2.24) is 9.55 Å². The summed E-state index contributed by atoms with van der Waals surface area (Å²) in [5.41, 5.74) is 1.23. The monoisotopic (exact) mass is 242 g/mol. The molecule has 1 fully saturated rings. The first-order chi connectivity index (χ1) is 6.27. The van der Waals surface area contributed by atoms with Gasteiger partial charge in [-0.15, -0.1) is 0 Å². The second kappa shape index (κ2) is 3.82. The third kappa shape index (κ3) is 1.96. The molecular formula is C10H15BrN2. The summed E-state index contributed by atoms with van der Waals surface area (Å²) in [4.78, 5) is 4.39. The van der Waals surface area contributed by atoms with Gasteiger partial charge in [-0.3, -0.25) is 0 Å². The van der Waals surface area contributed by atoms with Crippen LogP contribution in [0.15, 0.2) is 10.9 Å². The summed E-state index contributed by atoms with van der Waals surface area (Å²) in [7, 11) is 2.02. The van der Waals surface area contributed by atoms with E-state index in [0.717, 1.165) is 16.9 Å². The Bertz CT molecular complexity index is 287. The first-order valence-electron chi connectivity index (χ1n) is 4.93. The van der Waals surface area contributed by atoms with Crippen LogP contribution in [0.25, 0.3) is 0 Å². The Morgan fingerprint density at radius 3 is 2.77 bits per heavy atom. The number of halogens is 1. The Morgan fingerprint density at radius 1 is 1.54 bits per heavy atom. The molecule has 13 heavy (non-hydrogen) atoms. The molecule has 0 atom stereocenters. The number of nitrogens with zero attached hydrogens (tertiary/aromatic N) is 2. The van der Waals surface area contributed by atoms with Crippen LogP contribution in [-0.2, 0) is 13.5 Å². The van der Waals surface area contributed by atoms with Crippen molar-refractivity contribution < 1.29 is 0 Å². The van der Waals surface area contributed by atoms with Crippen LogP contribution in [-0.4, -0.2) is 9.55 Å². The zero-order chi connectivity index (χ0) is 9.26. The minimum absolute atomic E-state index is 0.881. The lowest BCUT2D eigenvalue weighted by atomic mass is 10.0. The first-order valence-corrected chi connectivity index (χ1v) is 5.72. The zero-order valence-corrected chi connectivity index (χ0v) is 9.55. The Labute approximate surface area is 87.5 Å². The molecule has 0 radical (unpaired) electrons. The molecule has 1 aromatic rings. The predicted molar refractivity (Wildman–Crippen MR) is 56.6 cm³/mol. The molecule has 0 aliphatic heterocycles. The van der Waals surface area contributed by atoms with E-state index >= 15 is 0 Å². The van der Waals surface area contributed by atoms with E-state index in [2.05, 4.69) is 20.9 Å². The van der Waals surface area contributed by atoms with Gasteiger partial charge in [-0.05, 0) is 28.3 Å². The summed E-state index contributed by atoms with van der Waals surface area (Å²) in [5.74, 6) is 0.881. The summed E-state index contributed by atoms with van der Waals surface area (Å²) in [6, 6.07) is 0. The van der Waals surface area contributed by atoms with E-state index in [9.17, 15) is 0 Å². The number of aryl methyl sites for hydroxylation is 1. The maximum Gasteiger partial charge on any atom is 0.107 e. The van der Waals surface area contributed by atoms with E-state index in [1.807, 2.05) is 17.9 Å². The third-order valence-electron chi connectivity index (χ3n) is 2.89. The van der Waals surface area contributed by atoms with Gasteiger partial charge >= 0.3 is 0 Å². The van der Waals surface area contributed by atoms with Crippen molar-refractivity contribution in [2.75, 3.05) is 0 Å². The van der Waals surface area contributed by atoms with Crippen LogP contribution in [0.3, 0.4) is 0 Å². The summed E-state index contributed by atoms with van der Waals surface area (Å²) < 4.78 is 3.18. The number of rotatable bonds is 2. The van der Waals surface area contributed by atoms with Gasteiger partial charge in [-0.2, -0.15) is 0 Å². The van der Waals surface area contributed by atoms with E-state index in [4.69, 9.17) is 0 Å².